The summed E-state index contributed by atoms with van der Waals surface area (Å²) in [5.41, 5.74) is -0.490. The molecule has 272 valence electrons. The molecule has 0 bridgehead atoms. The van der Waals surface area contributed by atoms with Crippen LogP contribution in [0.5, 0.6) is 0 Å². The van der Waals surface area contributed by atoms with Gasteiger partial charge >= 0.3 is 0 Å². The van der Waals surface area contributed by atoms with Crippen molar-refractivity contribution in [3.63, 3.8) is 0 Å². The lowest BCUT2D eigenvalue weighted by molar-refractivity contribution is -0.389. The van der Waals surface area contributed by atoms with Crippen molar-refractivity contribution >= 4 is 0 Å². The molecule has 0 aliphatic carbocycles. The van der Waals surface area contributed by atoms with E-state index < -0.39 is 135 Å². The molecule has 0 spiro atoms. The maximum Gasteiger partial charge on any atom is 0.187 e. The van der Waals surface area contributed by atoms with E-state index in [9.17, 15) is 61.3 Å². The first-order chi connectivity index (χ1) is 21.3. The molecule has 46 heavy (non-hydrogen) atoms. The number of ether oxygens (including phenoxy) is 6. The smallest absolute Gasteiger partial charge is 0.187 e. The van der Waals surface area contributed by atoms with Gasteiger partial charge in [-0.25, -0.2) is 0 Å². The molecule has 0 aromatic rings. The molecule has 3 saturated heterocycles. The summed E-state index contributed by atoms with van der Waals surface area (Å²) >= 11 is 0. The molecule has 0 radical (unpaired) electrons. The van der Waals surface area contributed by atoms with Gasteiger partial charge in [0.1, 0.15) is 79.4 Å². The Morgan fingerprint density at radius 3 is 1.74 bits per heavy atom. The maximum atomic E-state index is 11.3. The van der Waals surface area contributed by atoms with Gasteiger partial charge < -0.3 is 89.7 Å². The van der Waals surface area contributed by atoms with Crippen molar-refractivity contribution in [1.29, 1.82) is 0 Å². The highest BCUT2D eigenvalue weighted by Gasteiger charge is 2.54. The fraction of sp³-hybridized carbons (Fsp3) is 1.00. The van der Waals surface area contributed by atoms with Crippen molar-refractivity contribution in [2.24, 2.45) is 5.41 Å². The highest BCUT2D eigenvalue weighted by Crippen LogP contribution is 2.34. The van der Waals surface area contributed by atoms with E-state index in [1.165, 1.54) is 13.8 Å². The summed E-state index contributed by atoms with van der Waals surface area (Å²) in [6.45, 7) is 6.46. The molecule has 18 nitrogen and oxygen atoms in total. The Morgan fingerprint density at radius 2 is 1.17 bits per heavy atom. The van der Waals surface area contributed by atoms with Crippen molar-refractivity contribution in [2.75, 3.05) is 13.2 Å². The highest BCUT2D eigenvalue weighted by atomic mass is 16.8. The molecule has 3 aliphatic heterocycles. The molecule has 0 amide bonds. The molecule has 0 unspecified atom stereocenters. The summed E-state index contributed by atoms with van der Waals surface area (Å²) in [6.07, 6.45) is -31.1. The third-order valence-corrected chi connectivity index (χ3v) is 8.41. The van der Waals surface area contributed by atoms with Gasteiger partial charge in [0.05, 0.1) is 31.5 Å². The molecule has 12 N–H and O–H groups in total. The van der Waals surface area contributed by atoms with Crippen LogP contribution in [0.25, 0.3) is 0 Å². The summed E-state index contributed by atoms with van der Waals surface area (Å²) in [5, 5.41) is 125. The van der Waals surface area contributed by atoms with Gasteiger partial charge in [-0.05, 0) is 25.7 Å². The number of hydrogen-bond donors (Lipinski definition) is 12. The Labute approximate surface area is 266 Å². The number of hydrogen-bond acceptors (Lipinski definition) is 18. The summed E-state index contributed by atoms with van der Waals surface area (Å²) in [7, 11) is 0. The fourth-order valence-electron chi connectivity index (χ4n) is 5.64. The quantitative estimate of drug-likeness (QED) is 0.0917. The van der Waals surface area contributed by atoms with E-state index in [1.807, 2.05) is 0 Å². The monoisotopic (exact) mass is 676 g/mol. The lowest BCUT2D eigenvalue weighted by Crippen LogP contribution is -2.66. The van der Waals surface area contributed by atoms with E-state index in [2.05, 4.69) is 0 Å². The van der Waals surface area contributed by atoms with E-state index in [-0.39, 0.29) is 6.42 Å². The van der Waals surface area contributed by atoms with E-state index in [4.69, 9.17) is 28.4 Å². The predicted molar refractivity (Wildman–Crippen MR) is 150 cm³/mol. The van der Waals surface area contributed by atoms with Gasteiger partial charge in [-0.2, -0.15) is 0 Å². The van der Waals surface area contributed by atoms with Crippen LogP contribution in [0.1, 0.15) is 41.0 Å². The van der Waals surface area contributed by atoms with Crippen LogP contribution in [0.3, 0.4) is 0 Å². The van der Waals surface area contributed by atoms with Crippen molar-refractivity contribution in [1.82, 2.24) is 0 Å². The maximum absolute atomic E-state index is 11.3. The lowest BCUT2D eigenvalue weighted by atomic mass is 9.85. The minimum Gasteiger partial charge on any atom is -0.394 e. The highest BCUT2D eigenvalue weighted by molar-refractivity contribution is 4.96. The molecular weight excluding hydrogens is 624 g/mol. The molecule has 19 atom stereocenters. The molecule has 0 aromatic carbocycles. The number of aliphatic hydroxyl groups is 12. The minimum absolute atomic E-state index is 0.0466. The van der Waals surface area contributed by atoms with Crippen LogP contribution >= 0.6 is 0 Å². The lowest BCUT2D eigenvalue weighted by Gasteiger charge is -2.48. The van der Waals surface area contributed by atoms with Crippen molar-refractivity contribution in [3.8, 4) is 0 Å². The van der Waals surface area contributed by atoms with E-state index in [0.29, 0.717) is 0 Å². The standard InChI is InChI=1S/C28H52O18/c1-9-14(33)18(37)20(39)25(41-9)46-24-19(38)17(36)13(8-30)43-27(24)45-23-15(34)10(2)42-26(21(23)40)44-22(16(35)12(32)7-29)11(31)6-28(3,4)5/h9-27,29-40H,6-8H2,1-5H3/t9-,10-,11-,12+,13+,14+,15+,16+,17+,18+,19-,20-,21-,22+,23+,24+,25+,26+,27-/m0/s1. The first-order valence-electron chi connectivity index (χ1n) is 15.3. The van der Waals surface area contributed by atoms with Crippen molar-refractivity contribution in [2.45, 2.75) is 158 Å². The number of aliphatic hydroxyl groups excluding tert-OH is 12. The van der Waals surface area contributed by atoms with E-state index in [0.717, 1.165) is 0 Å². The van der Waals surface area contributed by atoms with E-state index in [1.54, 1.807) is 20.8 Å². The molecule has 18 heteroatoms. The summed E-state index contributed by atoms with van der Waals surface area (Å²) < 4.78 is 34.0. The van der Waals surface area contributed by atoms with Crippen LogP contribution in [0.15, 0.2) is 0 Å². The summed E-state index contributed by atoms with van der Waals surface area (Å²) in [4.78, 5) is 0. The molecular formula is C28H52O18. The Bertz CT molecular complexity index is 923. The molecule has 3 rings (SSSR count). The zero-order valence-electron chi connectivity index (χ0n) is 26.4. The molecule has 0 aromatic heterocycles. The average Bonchev–Trinajstić information content (AvgIpc) is 2.99. The molecule has 3 heterocycles. The van der Waals surface area contributed by atoms with Crippen LogP contribution in [0.4, 0.5) is 0 Å². The topological polar surface area (TPSA) is 298 Å². The summed E-state index contributed by atoms with van der Waals surface area (Å²) in [5.74, 6) is 0. The zero-order valence-corrected chi connectivity index (χ0v) is 26.4. The first-order valence-corrected chi connectivity index (χ1v) is 15.3. The van der Waals surface area contributed by atoms with Gasteiger partial charge in [0.25, 0.3) is 0 Å². The Hall–Kier alpha value is -0.720. The predicted octanol–water partition coefficient (Wildman–Crippen LogP) is -5.61. The fourth-order valence-corrected chi connectivity index (χ4v) is 5.64. The second kappa shape index (κ2) is 16.3. The van der Waals surface area contributed by atoms with Crippen LogP contribution in [-0.4, -0.2) is 191 Å². The normalized spacial score (nSPS) is 45.2. The summed E-state index contributed by atoms with van der Waals surface area (Å²) in [6, 6.07) is 0. The minimum atomic E-state index is -1.91. The Balaban J connectivity index is 1.88. The first kappa shape index (κ1) is 39.7. The van der Waals surface area contributed by atoms with Crippen LogP contribution in [-0.2, 0) is 28.4 Å². The van der Waals surface area contributed by atoms with Crippen LogP contribution < -0.4 is 0 Å². The zero-order chi connectivity index (χ0) is 34.8. The SMILES string of the molecule is C[C@@H]1O[C@H](O[C@H]2[C@H](O[C@H]3[C@H](O)[C@@H](O[C@@H]([C@H](O)[C@H](O)CO)[C@@H](O)CC(C)(C)C)O[C@@H](C)[C@H]3O)O[C@H](CO)[C@@H](O)[C@@H]2O)[C@@H](O)[C@H](O)[C@@H]1O. The van der Waals surface area contributed by atoms with Gasteiger partial charge in [0.15, 0.2) is 18.9 Å². The Morgan fingerprint density at radius 1 is 0.609 bits per heavy atom. The molecule has 3 aliphatic rings. The molecule has 3 fully saturated rings. The number of rotatable bonds is 12. The third-order valence-electron chi connectivity index (χ3n) is 8.41. The van der Waals surface area contributed by atoms with Crippen molar-refractivity contribution in [3.05, 3.63) is 0 Å². The largest absolute Gasteiger partial charge is 0.394 e. The Kier molecular flexibility index (Phi) is 14.1. The average molecular weight is 677 g/mol. The van der Waals surface area contributed by atoms with Crippen molar-refractivity contribution < 1.29 is 89.7 Å². The van der Waals surface area contributed by atoms with Gasteiger partial charge in [-0.15, -0.1) is 0 Å². The van der Waals surface area contributed by atoms with Crippen LogP contribution in [0.2, 0.25) is 0 Å². The van der Waals surface area contributed by atoms with Gasteiger partial charge in [0, 0.05) is 0 Å². The second-order valence-corrected chi connectivity index (χ2v) is 13.5. The van der Waals surface area contributed by atoms with Gasteiger partial charge in [-0.1, -0.05) is 20.8 Å². The third kappa shape index (κ3) is 9.09. The van der Waals surface area contributed by atoms with Crippen LogP contribution in [0, 0.1) is 5.41 Å². The second-order valence-electron chi connectivity index (χ2n) is 13.5. The van der Waals surface area contributed by atoms with Gasteiger partial charge in [-0.3, -0.25) is 0 Å². The van der Waals surface area contributed by atoms with E-state index >= 15 is 0 Å². The molecule has 0 saturated carbocycles. The van der Waals surface area contributed by atoms with Gasteiger partial charge in [0.2, 0.25) is 0 Å².